The molecule has 152 valence electrons. The summed E-state index contributed by atoms with van der Waals surface area (Å²) in [6, 6.07) is 12.4. The summed E-state index contributed by atoms with van der Waals surface area (Å²) >= 11 is 1.60. The van der Waals surface area contributed by atoms with Crippen LogP contribution in [0.15, 0.2) is 51.7 Å². The zero-order valence-electron chi connectivity index (χ0n) is 16.5. The van der Waals surface area contributed by atoms with Crippen LogP contribution in [0.3, 0.4) is 0 Å². The van der Waals surface area contributed by atoms with Gasteiger partial charge in [-0.3, -0.25) is 14.6 Å². The summed E-state index contributed by atoms with van der Waals surface area (Å²) < 4.78 is 5.33. The highest BCUT2D eigenvalue weighted by molar-refractivity contribution is 7.08. The summed E-state index contributed by atoms with van der Waals surface area (Å²) in [6.45, 7) is 5.07. The number of aromatic nitrogens is 2. The molecule has 1 amide bonds. The highest BCUT2D eigenvalue weighted by atomic mass is 32.1. The summed E-state index contributed by atoms with van der Waals surface area (Å²) in [7, 11) is 1.90. The Morgan fingerprint density at radius 3 is 2.69 bits per heavy atom. The number of benzene rings is 1. The first-order valence-electron chi connectivity index (χ1n) is 9.75. The summed E-state index contributed by atoms with van der Waals surface area (Å²) in [4.78, 5) is 23.3. The summed E-state index contributed by atoms with van der Waals surface area (Å²) in [6.07, 6.45) is 0. The number of likely N-dealkylation sites (N-methyl/N-ethyl adjacent to an activating group) is 1. The van der Waals surface area contributed by atoms with Gasteiger partial charge in [0.25, 0.3) is 0 Å². The molecule has 2 aromatic heterocycles. The average Bonchev–Trinajstić information content (AvgIpc) is 3.41. The van der Waals surface area contributed by atoms with Crippen LogP contribution in [0.2, 0.25) is 0 Å². The molecule has 3 aromatic rings. The molecule has 0 spiro atoms. The molecule has 1 saturated heterocycles. The van der Waals surface area contributed by atoms with Crippen LogP contribution >= 0.6 is 11.3 Å². The predicted molar refractivity (Wildman–Crippen MR) is 112 cm³/mol. The highest BCUT2D eigenvalue weighted by Crippen LogP contribution is 2.19. The van der Waals surface area contributed by atoms with Crippen molar-refractivity contribution in [2.24, 2.45) is 0 Å². The molecule has 29 heavy (non-hydrogen) atoms. The van der Waals surface area contributed by atoms with Gasteiger partial charge in [0.2, 0.25) is 17.6 Å². The van der Waals surface area contributed by atoms with E-state index in [1.165, 1.54) is 5.56 Å². The molecule has 3 heterocycles. The van der Waals surface area contributed by atoms with Crippen molar-refractivity contribution < 1.29 is 9.32 Å². The SMILES string of the molecule is CN(CC(=O)N1CCN(Cc2ccccc2)CC1)Cc1nc(-c2ccsc2)no1. The number of hydrogen-bond donors (Lipinski definition) is 0. The first-order valence-corrected chi connectivity index (χ1v) is 10.7. The van der Waals surface area contributed by atoms with Crippen LogP contribution in [0, 0.1) is 0 Å². The second-order valence-electron chi connectivity index (χ2n) is 7.34. The van der Waals surface area contributed by atoms with E-state index in [0.717, 1.165) is 38.3 Å². The van der Waals surface area contributed by atoms with Gasteiger partial charge in [-0.25, -0.2) is 0 Å². The van der Waals surface area contributed by atoms with Crippen molar-refractivity contribution in [2.45, 2.75) is 13.1 Å². The van der Waals surface area contributed by atoms with Gasteiger partial charge >= 0.3 is 0 Å². The van der Waals surface area contributed by atoms with Crippen LogP contribution in [-0.4, -0.2) is 70.5 Å². The van der Waals surface area contributed by atoms with E-state index < -0.39 is 0 Å². The molecule has 8 heteroatoms. The maximum absolute atomic E-state index is 12.7. The third-order valence-corrected chi connectivity index (χ3v) is 5.72. The van der Waals surface area contributed by atoms with E-state index >= 15 is 0 Å². The van der Waals surface area contributed by atoms with E-state index in [1.54, 1.807) is 11.3 Å². The number of thiophene rings is 1. The molecule has 0 unspecified atom stereocenters. The fourth-order valence-electron chi connectivity index (χ4n) is 3.44. The number of carbonyl (C=O) groups is 1. The first-order chi connectivity index (χ1) is 14.2. The lowest BCUT2D eigenvalue weighted by atomic mass is 10.2. The van der Waals surface area contributed by atoms with Crippen molar-refractivity contribution in [1.82, 2.24) is 24.8 Å². The molecular formula is C21H25N5O2S. The molecule has 1 aliphatic rings. The smallest absolute Gasteiger partial charge is 0.241 e. The van der Waals surface area contributed by atoms with Crippen LogP contribution in [0.5, 0.6) is 0 Å². The Morgan fingerprint density at radius 2 is 1.97 bits per heavy atom. The van der Waals surface area contributed by atoms with Gasteiger partial charge in [-0.15, -0.1) is 0 Å². The van der Waals surface area contributed by atoms with Gasteiger partial charge in [0.1, 0.15) is 0 Å². The molecule has 4 rings (SSSR count). The fourth-order valence-corrected chi connectivity index (χ4v) is 4.08. The maximum atomic E-state index is 12.7. The lowest BCUT2D eigenvalue weighted by Gasteiger charge is -2.35. The van der Waals surface area contributed by atoms with Crippen molar-refractivity contribution in [2.75, 3.05) is 39.8 Å². The number of nitrogens with zero attached hydrogens (tertiary/aromatic N) is 5. The molecule has 0 radical (unpaired) electrons. The number of amides is 1. The molecule has 0 bridgehead atoms. The van der Waals surface area contributed by atoms with Gasteiger partial charge in [-0.1, -0.05) is 35.5 Å². The minimum atomic E-state index is 0.143. The largest absolute Gasteiger partial charge is 0.339 e. The van der Waals surface area contributed by atoms with E-state index in [4.69, 9.17) is 4.52 Å². The van der Waals surface area contributed by atoms with E-state index in [-0.39, 0.29) is 5.91 Å². The van der Waals surface area contributed by atoms with Crippen molar-refractivity contribution in [1.29, 1.82) is 0 Å². The zero-order valence-corrected chi connectivity index (χ0v) is 17.3. The summed E-state index contributed by atoms with van der Waals surface area (Å²) in [5, 5.41) is 7.98. The van der Waals surface area contributed by atoms with Gasteiger partial charge in [0.05, 0.1) is 13.1 Å². The minimum Gasteiger partial charge on any atom is -0.339 e. The first kappa shape index (κ1) is 19.8. The number of piperazine rings is 1. The number of carbonyl (C=O) groups excluding carboxylic acids is 1. The molecule has 0 atom stereocenters. The van der Waals surface area contributed by atoms with Gasteiger partial charge in [-0.05, 0) is 24.1 Å². The van der Waals surface area contributed by atoms with Crippen LogP contribution in [0.4, 0.5) is 0 Å². The Bertz CT molecular complexity index is 904. The molecule has 0 N–H and O–H groups in total. The normalized spacial score (nSPS) is 15.2. The predicted octanol–water partition coefficient (Wildman–Crippen LogP) is 2.57. The van der Waals surface area contributed by atoms with Crippen molar-refractivity contribution in [3.05, 3.63) is 58.6 Å². The quantitative estimate of drug-likeness (QED) is 0.595. The van der Waals surface area contributed by atoms with Gasteiger partial charge in [0, 0.05) is 43.7 Å². The van der Waals surface area contributed by atoms with Crippen LogP contribution in [-0.2, 0) is 17.9 Å². The molecular weight excluding hydrogens is 386 g/mol. The van der Waals surface area contributed by atoms with Crippen LogP contribution in [0.25, 0.3) is 11.4 Å². The third-order valence-electron chi connectivity index (χ3n) is 5.03. The Labute approximate surface area is 174 Å². The molecule has 1 aromatic carbocycles. The van der Waals surface area contributed by atoms with Gasteiger partial charge in [0.15, 0.2) is 0 Å². The molecule has 7 nitrogen and oxygen atoms in total. The Kier molecular flexibility index (Phi) is 6.33. The third kappa shape index (κ3) is 5.29. The lowest BCUT2D eigenvalue weighted by molar-refractivity contribution is -0.134. The Balaban J connectivity index is 1.22. The van der Waals surface area contributed by atoms with Gasteiger partial charge < -0.3 is 9.42 Å². The van der Waals surface area contributed by atoms with Gasteiger partial charge in [-0.2, -0.15) is 16.3 Å². The topological polar surface area (TPSA) is 65.7 Å². The standard InChI is InChI=1S/C21H25N5O2S/c1-24(14-19-22-21(23-28-19)18-7-12-29-16-18)15-20(27)26-10-8-25(9-11-26)13-17-5-3-2-4-6-17/h2-7,12,16H,8-11,13-15H2,1H3. The lowest BCUT2D eigenvalue weighted by Crippen LogP contribution is -2.50. The van der Waals surface area contributed by atoms with Crippen molar-refractivity contribution >= 4 is 17.2 Å². The minimum absolute atomic E-state index is 0.143. The highest BCUT2D eigenvalue weighted by Gasteiger charge is 2.22. The molecule has 1 fully saturated rings. The molecule has 0 aliphatic carbocycles. The van der Waals surface area contributed by atoms with E-state index in [1.807, 2.05) is 39.7 Å². The van der Waals surface area contributed by atoms with Crippen LogP contribution in [0.1, 0.15) is 11.5 Å². The monoisotopic (exact) mass is 411 g/mol. The van der Waals surface area contributed by atoms with Crippen molar-refractivity contribution in [3.8, 4) is 11.4 Å². The molecule has 1 aliphatic heterocycles. The van der Waals surface area contributed by atoms with E-state index in [9.17, 15) is 4.79 Å². The second kappa shape index (κ2) is 9.30. The number of rotatable bonds is 7. The Morgan fingerprint density at radius 1 is 1.17 bits per heavy atom. The van der Waals surface area contributed by atoms with E-state index in [0.29, 0.717) is 24.8 Å². The second-order valence-corrected chi connectivity index (χ2v) is 8.12. The summed E-state index contributed by atoms with van der Waals surface area (Å²) in [5.41, 5.74) is 2.27. The van der Waals surface area contributed by atoms with Crippen LogP contribution < -0.4 is 0 Å². The van der Waals surface area contributed by atoms with Crippen molar-refractivity contribution in [3.63, 3.8) is 0 Å². The summed E-state index contributed by atoms with van der Waals surface area (Å²) in [5.74, 6) is 1.26. The van der Waals surface area contributed by atoms with E-state index in [2.05, 4.69) is 39.3 Å². The average molecular weight is 412 g/mol. The Hall–Kier alpha value is -2.55. The fraction of sp³-hybridized carbons (Fsp3) is 0.381. The molecule has 0 saturated carbocycles. The zero-order chi connectivity index (χ0) is 20.1. The number of hydrogen-bond acceptors (Lipinski definition) is 7. The maximum Gasteiger partial charge on any atom is 0.241 e.